The van der Waals surface area contributed by atoms with Crippen molar-refractivity contribution in [1.29, 1.82) is 0 Å². The number of carbonyl (C=O) groups is 2. The molecule has 0 aliphatic carbocycles. The average Bonchev–Trinajstić information content (AvgIpc) is 3.16. The van der Waals surface area contributed by atoms with Crippen molar-refractivity contribution in [3.05, 3.63) is 28.5 Å². The number of pyridine rings is 2. The van der Waals surface area contributed by atoms with Crippen molar-refractivity contribution in [3.63, 3.8) is 0 Å². The second kappa shape index (κ2) is 11.0. The number of ether oxygens (including phenoxy) is 2. The maximum Gasteiger partial charge on any atom is 0.412 e. The summed E-state index contributed by atoms with van der Waals surface area (Å²) >= 11 is 11.7. The molecule has 12 nitrogen and oxygen atoms in total. The summed E-state index contributed by atoms with van der Waals surface area (Å²) in [7, 11) is 0. The fourth-order valence-corrected chi connectivity index (χ4v) is 2.54. The van der Waals surface area contributed by atoms with Crippen LogP contribution in [0.4, 0.5) is 32.7 Å². The number of nitrogens with zero attached hydrogens (tertiary/aromatic N) is 3. The maximum atomic E-state index is 11.2. The lowest BCUT2D eigenvalue weighted by molar-refractivity contribution is 0.167. The fraction of sp³-hybridized carbons (Fsp3) is 0.235. The molecule has 14 heteroatoms. The normalized spacial score (nSPS) is 10.1. The Morgan fingerprint density at radius 3 is 2.10 bits per heavy atom. The zero-order chi connectivity index (χ0) is 23.0. The van der Waals surface area contributed by atoms with Crippen molar-refractivity contribution in [3.8, 4) is 0 Å². The van der Waals surface area contributed by atoms with Crippen LogP contribution < -0.4 is 22.1 Å². The summed E-state index contributed by atoms with van der Waals surface area (Å²) in [6.45, 7) is 3.97. The number of halogens is 2. The van der Waals surface area contributed by atoms with E-state index in [0.717, 1.165) is 0 Å². The van der Waals surface area contributed by atoms with Gasteiger partial charge in [-0.2, -0.15) is 0 Å². The number of H-pyrrole nitrogens is 1. The lowest BCUT2D eigenvalue weighted by Gasteiger charge is -2.07. The van der Waals surface area contributed by atoms with Gasteiger partial charge in [0.1, 0.15) is 17.2 Å². The highest BCUT2D eigenvalue weighted by Crippen LogP contribution is 2.26. The highest BCUT2D eigenvalue weighted by Gasteiger charge is 2.10. The van der Waals surface area contributed by atoms with Crippen molar-refractivity contribution in [1.82, 2.24) is 19.9 Å². The summed E-state index contributed by atoms with van der Waals surface area (Å²) in [4.78, 5) is 36.9. The summed E-state index contributed by atoms with van der Waals surface area (Å²) in [6.07, 6.45) is 0.295. The summed E-state index contributed by atoms with van der Waals surface area (Å²) in [5.41, 5.74) is 12.2. The van der Waals surface area contributed by atoms with Gasteiger partial charge in [0, 0.05) is 12.1 Å². The van der Waals surface area contributed by atoms with E-state index in [0.29, 0.717) is 28.6 Å². The van der Waals surface area contributed by atoms with E-state index in [1.54, 1.807) is 13.8 Å². The molecule has 0 bridgehead atoms. The van der Waals surface area contributed by atoms with Gasteiger partial charge in [-0.05, 0) is 13.8 Å². The first-order valence-corrected chi connectivity index (χ1v) is 9.59. The molecule has 3 aromatic heterocycles. The highest BCUT2D eigenvalue weighted by molar-refractivity contribution is 6.35. The van der Waals surface area contributed by atoms with Gasteiger partial charge in [0.25, 0.3) is 0 Å². The highest BCUT2D eigenvalue weighted by atomic mass is 35.5. The van der Waals surface area contributed by atoms with Crippen LogP contribution in [0.15, 0.2) is 18.5 Å². The Balaban J connectivity index is 0.000000221. The molecule has 0 aliphatic rings. The number of fused-ring (bicyclic) bond motifs is 1. The molecule has 0 fully saturated rings. The molecule has 7 N–H and O–H groups in total. The number of nitrogens with one attached hydrogen (secondary N) is 3. The van der Waals surface area contributed by atoms with Gasteiger partial charge in [0.15, 0.2) is 11.5 Å². The average molecular weight is 471 g/mol. The van der Waals surface area contributed by atoms with Crippen LogP contribution >= 0.6 is 23.2 Å². The van der Waals surface area contributed by atoms with Gasteiger partial charge in [0.05, 0.1) is 35.3 Å². The third kappa shape index (κ3) is 6.76. The van der Waals surface area contributed by atoms with E-state index in [9.17, 15) is 9.59 Å². The Labute approximate surface area is 186 Å². The number of carbonyl (C=O) groups excluding carboxylic acids is 2. The van der Waals surface area contributed by atoms with Crippen molar-refractivity contribution in [2.45, 2.75) is 13.8 Å². The Morgan fingerprint density at radius 1 is 1.00 bits per heavy atom. The number of rotatable bonds is 4. The number of anilines is 4. The van der Waals surface area contributed by atoms with Gasteiger partial charge >= 0.3 is 12.2 Å². The van der Waals surface area contributed by atoms with Gasteiger partial charge in [-0.3, -0.25) is 10.6 Å². The number of nitrogen functional groups attached to an aromatic ring is 2. The predicted molar refractivity (Wildman–Crippen MR) is 118 cm³/mol. The largest absolute Gasteiger partial charge is 0.450 e. The van der Waals surface area contributed by atoms with Gasteiger partial charge in [-0.15, -0.1) is 0 Å². The monoisotopic (exact) mass is 470 g/mol. The minimum atomic E-state index is -0.620. The topological polar surface area (TPSA) is 183 Å². The van der Waals surface area contributed by atoms with E-state index in [4.69, 9.17) is 39.4 Å². The molecule has 0 saturated carbocycles. The minimum absolute atomic E-state index is 0.0642. The number of hydrogen-bond acceptors (Lipinski definition) is 9. The number of aromatic amines is 1. The molecule has 0 aliphatic heterocycles. The maximum absolute atomic E-state index is 11.2. The molecule has 0 saturated heterocycles. The smallest absolute Gasteiger partial charge is 0.412 e. The number of nitrogens with two attached hydrogens (primary N) is 2. The van der Waals surface area contributed by atoms with Gasteiger partial charge in [-0.25, -0.2) is 24.5 Å². The molecule has 3 heterocycles. The molecule has 31 heavy (non-hydrogen) atoms. The first-order valence-electron chi connectivity index (χ1n) is 8.83. The first-order chi connectivity index (χ1) is 14.7. The van der Waals surface area contributed by atoms with E-state index in [1.165, 1.54) is 18.5 Å². The van der Waals surface area contributed by atoms with E-state index in [2.05, 4.69) is 35.3 Å². The number of hydrogen-bond donors (Lipinski definition) is 5. The van der Waals surface area contributed by atoms with E-state index >= 15 is 0 Å². The summed E-state index contributed by atoms with van der Waals surface area (Å²) < 4.78 is 9.37. The van der Waals surface area contributed by atoms with Crippen molar-refractivity contribution < 1.29 is 19.1 Å². The van der Waals surface area contributed by atoms with E-state index < -0.39 is 12.2 Å². The first kappa shape index (κ1) is 23.8. The molecule has 0 spiro atoms. The van der Waals surface area contributed by atoms with Gasteiger partial charge in [0.2, 0.25) is 0 Å². The lowest BCUT2D eigenvalue weighted by atomic mass is 10.4. The second-order valence-electron chi connectivity index (χ2n) is 5.57. The number of imidazole rings is 1. The molecular formula is C17H20Cl2N8O4. The minimum Gasteiger partial charge on any atom is -0.450 e. The SMILES string of the molecule is CCOC(=O)Nc1cc(Cl)c(N)c(N)n1.CCOC(=O)Nc1cc(Cl)c2[nH]cnc2n1. The molecule has 2 amide bonds. The third-order valence-corrected chi connectivity index (χ3v) is 4.01. The molecule has 0 unspecified atom stereocenters. The molecule has 166 valence electrons. The standard InChI is InChI=1S/C9H9ClN4O2.C8H11ClN4O2/c1-2-16-9(15)14-6-3-5(10)7-8(13-6)12-4-11-7;1-2-15-8(14)13-5-3-4(9)6(10)7(11)12-5/h3-4H,2H2,1H3,(H2,11,12,13,14,15);3H,2,10H2,1H3,(H3,11,12,13,14). The molecule has 0 radical (unpaired) electrons. The van der Waals surface area contributed by atoms with Crippen LogP contribution in [0.25, 0.3) is 11.2 Å². The van der Waals surface area contributed by atoms with Crippen molar-refractivity contribution in [2.24, 2.45) is 0 Å². The van der Waals surface area contributed by atoms with Crippen LogP contribution in [0.2, 0.25) is 10.0 Å². The van der Waals surface area contributed by atoms with Gasteiger partial charge < -0.3 is 25.9 Å². The van der Waals surface area contributed by atoms with Crippen LogP contribution in [0.5, 0.6) is 0 Å². The molecular weight excluding hydrogens is 451 g/mol. The fourth-order valence-electron chi connectivity index (χ4n) is 2.10. The zero-order valence-electron chi connectivity index (χ0n) is 16.5. The van der Waals surface area contributed by atoms with E-state index in [-0.39, 0.29) is 29.0 Å². The zero-order valence-corrected chi connectivity index (χ0v) is 18.0. The summed E-state index contributed by atoms with van der Waals surface area (Å²) in [5.74, 6) is 0.572. The molecule has 3 aromatic rings. The van der Waals surface area contributed by atoms with E-state index in [1.807, 2.05) is 0 Å². The number of aromatic nitrogens is 4. The quantitative estimate of drug-likeness (QED) is 0.379. The third-order valence-electron chi connectivity index (χ3n) is 3.40. The molecule has 3 rings (SSSR count). The van der Waals surface area contributed by atoms with Crippen molar-refractivity contribution in [2.75, 3.05) is 35.3 Å². The van der Waals surface area contributed by atoms with Gasteiger partial charge in [-0.1, -0.05) is 23.2 Å². The van der Waals surface area contributed by atoms with Crippen LogP contribution in [-0.4, -0.2) is 45.3 Å². The molecule has 0 aromatic carbocycles. The summed E-state index contributed by atoms with van der Waals surface area (Å²) in [5, 5.41) is 5.48. The Kier molecular flexibility index (Phi) is 8.46. The Bertz CT molecular complexity index is 1050. The van der Waals surface area contributed by atoms with Crippen LogP contribution in [-0.2, 0) is 9.47 Å². The number of amides is 2. The predicted octanol–water partition coefficient (Wildman–Crippen LogP) is 3.65. The van der Waals surface area contributed by atoms with Crippen LogP contribution in [0, 0.1) is 0 Å². The van der Waals surface area contributed by atoms with Crippen LogP contribution in [0.3, 0.4) is 0 Å². The van der Waals surface area contributed by atoms with Crippen LogP contribution in [0.1, 0.15) is 13.8 Å². The Hall–Kier alpha value is -3.51. The Morgan fingerprint density at radius 2 is 1.55 bits per heavy atom. The second-order valence-corrected chi connectivity index (χ2v) is 6.38. The van der Waals surface area contributed by atoms with Crippen molar-refractivity contribution >= 4 is 69.7 Å². The lowest BCUT2D eigenvalue weighted by Crippen LogP contribution is -2.15. The molecule has 0 atom stereocenters. The summed E-state index contributed by atoms with van der Waals surface area (Å²) in [6, 6.07) is 2.92.